The van der Waals surface area contributed by atoms with Crippen molar-refractivity contribution < 1.29 is 4.79 Å². The fraction of sp³-hybridized carbons (Fsp3) is 0.533. The number of amides is 1. The summed E-state index contributed by atoms with van der Waals surface area (Å²) in [6.45, 7) is 3.22. The van der Waals surface area contributed by atoms with Crippen molar-refractivity contribution >= 4 is 18.3 Å². The number of carbonyl (C=O) groups is 1. The molecular formula is C15H22ClN3O. The van der Waals surface area contributed by atoms with Crippen LogP contribution in [0.4, 0.5) is 0 Å². The molecule has 2 fully saturated rings. The molecule has 4 nitrogen and oxygen atoms in total. The summed E-state index contributed by atoms with van der Waals surface area (Å²) in [7, 11) is 0. The number of nitrogens with zero attached hydrogens (tertiary/aromatic N) is 1. The number of hydrogen-bond donors (Lipinski definition) is 2. The highest BCUT2D eigenvalue weighted by atomic mass is 35.5. The molecule has 1 aliphatic heterocycles. The van der Waals surface area contributed by atoms with Gasteiger partial charge in [0.25, 0.3) is 0 Å². The summed E-state index contributed by atoms with van der Waals surface area (Å²) in [5.41, 5.74) is 13.2. The molecule has 1 saturated carbocycles. The van der Waals surface area contributed by atoms with Crippen molar-refractivity contribution in [1.29, 1.82) is 0 Å². The largest absolute Gasteiger partial charge is 0.366 e. The summed E-state index contributed by atoms with van der Waals surface area (Å²) in [6, 6.07) is 8.00. The molecule has 0 radical (unpaired) electrons. The molecule has 1 heterocycles. The Morgan fingerprint density at radius 1 is 1.20 bits per heavy atom. The molecule has 0 spiro atoms. The van der Waals surface area contributed by atoms with Crippen molar-refractivity contribution in [2.24, 2.45) is 23.3 Å². The standard InChI is InChI=1S/C15H21N3O.ClH/c16-14-6-5-12-8-18(9-13(12)14)7-10-1-3-11(4-2-10)15(17)19;/h1-4,12-14H,5-9,16H2,(H2,17,19);1H. The lowest BCUT2D eigenvalue weighted by atomic mass is 9.98. The van der Waals surface area contributed by atoms with Gasteiger partial charge < -0.3 is 11.5 Å². The van der Waals surface area contributed by atoms with Gasteiger partial charge in [0.05, 0.1) is 0 Å². The van der Waals surface area contributed by atoms with E-state index in [9.17, 15) is 4.79 Å². The summed E-state index contributed by atoms with van der Waals surface area (Å²) in [4.78, 5) is 13.5. The van der Waals surface area contributed by atoms with Crippen LogP contribution in [0.1, 0.15) is 28.8 Å². The molecule has 1 saturated heterocycles. The lowest BCUT2D eigenvalue weighted by Gasteiger charge is -2.18. The quantitative estimate of drug-likeness (QED) is 0.885. The number of rotatable bonds is 3. The molecule has 3 rings (SSSR count). The van der Waals surface area contributed by atoms with Crippen LogP contribution in [-0.4, -0.2) is 29.9 Å². The molecule has 20 heavy (non-hydrogen) atoms. The Morgan fingerprint density at radius 3 is 2.50 bits per heavy atom. The smallest absolute Gasteiger partial charge is 0.248 e. The Morgan fingerprint density at radius 2 is 1.90 bits per heavy atom. The van der Waals surface area contributed by atoms with E-state index in [1.807, 2.05) is 12.1 Å². The third kappa shape index (κ3) is 2.97. The van der Waals surface area contributed by atoms with Crippen LogP contribution < -0.4 is 11.5 Å². The zero-order chi connectivity index (χ0) is 13.4. The predicted octanol–water partition coefficient (Wildman–Crippen LogP) is 1.38. The van der Waals surface area contributed by atoms with Crippen LogP contribution in [0.2, 0.25) is 0 Å². The van der Waals surface area contributed by atoms with Crippen molar-refractivity contribution in [3.8, 4) is 0 Å². The number of fused-ring (bicyclic) bond motifs is 1. The SMILES string of the molecule is Cl.NC(=O)c1ccc(CN2CC3CCC(N)C3C2)cc1. The molecule has 2 aliphatic rings. The zero-order valence-corrected chi connectivity index (χ0v) is 12.3. The second kappa shape index (κ2) is 6.12. The Labute approximate surface area is 125 Å². The number of halogens is 1. The fourth-order valence-electron chi connectivity index (χ4n) is 3.56. The minimum atomic E-state index is -0.367. The van der Waals surface area contributed by atoms with Gasteiger partial charge in [-0.05, 0) is 42.4 Å². The van der Waals surface area contributed by atoms with Crippen molar-refractivity contribution in [3.63, 3.8) is 0 Å². The van der Waals surface area contributed by atoms with E-state index in [0.717, 1.165) is 25.6 Å². The Balaban J connectivity index is 0.00000147. The highest BCUT2D eigenvalue weighted by Crippen LogP contribution is 2.37. The molecule has 3 unspecified atom stereocenters. The molecular weight excluding hydrogens is 274 g/mol. The third-order valence-corrected chi connectivity index (χ3v) is 4.63. The minimum Gasteiger partial charge on any atom is -0.366 e. The summed E-state index contributed by atoms with van der Waals surface area (Å²) in [5.74, 6) is 1.11. The van der Waals surface area contributed by atoms with Gasteiger partial charge in [-0.2, -0.15) is 0 Å². The number of hydrogen-bond acceptors (Lipinski definition) is 3. The van der Waals surface area contributed by atoms with Crippen molar-refractivity contribution in [3.05, 3.63) is 35.4 Å². The zero-order valence-electron chi connectivity index (χ0n) is 11.5. The fourth-order valence-corrected chi connectivity index (χ4v) is 3.56. The number of nitrogens with two attached hydrogens (primary N) is 2. The molecule has 1 aromatic rings. The van der Waals surface area contributed by atoms with Crippen LogP contribution in [0.5, 0.6) is 0 Å². The van der Waals surface area contributed by atoms with Gasteiger partial charge in [-0.3, -0.25) is 9.69 Å². The first kappa shape index (κ1) is 15.3. The third-order valence-electron chi connectivity index (χ3n) is 4.63. The second-order valence-corrected chi connectivity index (χ2v) is 5.92. The highest BCUT2D eigenvalue weighted by molar-refractivity contribution is 5.92. The monoisotopic (exact) mass is 295 g/mol. The van der Waals surface area contributed by atoms with Crippen LogP contribution in [0, 0.1) is 11.8 Å². The van der Waals surface area contributed by atoms with Crippen LogP contribution in [0.25, 0.3) is 0 Å². The van der Waals surface area contributed by atoms with E-state index in [2.05, 4.69) is 4.90 Å². The summed E-state index contributed by atoms with van der Waals surface area (Å²) in [6.07, 6.45) is 2.47. The van der Waals surface area contributed by atoms with E-state index in [1.54, 1.807) is 12.1 Å². The second-order valence-electron chi connectivity index (χ2n) is 5.92. The van der Waals surface area contributed by atoms with Gasteiger partial charge in [0, 0.05) is 31.2 Å². The van der Waals surface area contributed by atoms with Gasteiger partial charge >= 0.3 is 0 Å². The van der Waals surface area contributed by atoms with E-state index >= 15 is 0 Å². The van der Waals surface area contributed by atoms with Crippen molar-refractivity contribution in [2.75, 3.05) is 13.1 Å². The lowest BCUT2D eigenvalue weighted by molar-refractivity contribution is 0.100. The van der Waals surface area contributed by atoms with Crippen LogP contribution in [0.3, 0.4) is 0 Å². The minimum absolute atomic E-state index is 0. The van der Waals surface area contributed by atoms with Crippen LogP contribution >= 0.6 is 12.4 Å². The van der Waals surface area contributed by atoms with E-state index < -0.39 is 0 Å². The number of primary amides is 1. The molecule has 4 N–H and O–H groups in total. The number of carbonyl (C=O) groups excluding carboxylic acids is 1. The van der Waals surface area contributed by atoms with Gasteiger partial charge in [-0.25, -0.2) is 0 Å². The first-order valence-corrected chi connectivity index (χ1v) is 7.00. The van der Waals surface area contributed by atoms with Gasteiger partial charge in [0.1, 0.15) is 0 Å². The van der Waals surface area contributed by atoms with Gasteiger partial charge in [-0.1, -0.05) is 12.1 Å². The highest BCUT2D eigenvalue weighted by Gasteiger charge is 2.40. The van der Waals surface area contributed by atoms with Crippen molar-refractivity contribution in [2.45, 2.75) is 25.4 Å². The molecule has 1 amide bonds. The summed E-state index contributed by atoms with van der Waals surface area (Å²) >= 11 is 0. The molecule has 1 aromatic carbocycles. The lowest BCUT2D eigenvalue weighted by Crippen LogP contribution is -2.30. The average molecular weight is 296 g/mol. The molecule has 1 aliphatic carbocycles. The number of likely N-dealkylation sites (tertiary alicyclic amines) is 1. The van der Waals surface area contributed by atoms with E-state index in [0.29, 0.717) is 17.5 Å². The van der Waals surface area contributed by atoms with Crippen molar-refractivity contribution in [1.82, 2.24) is 4.90 Å². The average Bonchev–Trinajstić information content (AvgIpc) is 2.93. The van der Waals surface area contributed by atoms with E-state index in [1.165, 1.54) is 18.4 Å². The first-order chi connectivity index (χ1) is 9.13. The normalized spacial score (nSPS) is 28.9. The Bertz CT molecular complexity index is 477. The summed E-state index contributed by atoms with van der Waals surface area (Å²) in [5, 5.41) is 0. The van der Waals surface area contributed by atoms with Gasteiger partial charge in [0.15, 0.2) is 0 Å². The molecule has 5 heteroatoms. The Hall–Kier alpha value is -1.10. The molecule has 0 aromatic heterocycles. The topological polar surface area (TPSA) is 72.4 Å². The molecule has 3 atom stereocenters. The maximum atomic E-state index is 11.0. The van der Waals surface area contributed by atoms with Crippen LogP contribution in [-0.2, 0) is 6.54 Å². The van der Waals surface area contributed by atoms with Gasteiger partial charge in [-0.15, -0.1) is 12.4 Å². The van der Waals surface area contributed by atoms with E-state index in [-0.39, 0.29) is 18.3 Å². The Kier molecular flexibility index (Phi) is 4.68. The first-order valence-electron chi connectivity index (χ1n) is 7.00. The van der Waals surface area contributed by atoms with E-state index in [4.69, 9.17) is 11.5 Å². The maximum Gasteiger partial charge on any atom is 0.248 e. The maximum absolute atomic E-state index is 11.0. The molecule has 110 valence electrons. The predicted molar refractivity (Wildman–Crippen MR) is 81.7 cm³/mol. The molecule has 0 bridgehead atoms. The van der Waals surface area contributed by atoms with Crippen LogP contribution in [0.15, 0.2) is 24.3 Å². The van der Waals surface area contributed by atoms with Gasteiger partial charge in [0.2, 0.25) is 5.91 Å². The number of benzene rings is 1. The summed E-state index contributed by atoms with van der Waals surface area (Å²) < 4.78 is 0.